The summed E-state index contributed by atoms with van der Waals surface area (Å²) < 4.78 is 14.1. The summed E-state index contributed by atoms with van der Waals surface area (Å²) in [7, 11) is 1.86. The highest BCUT2D eigenvalue weighted by molar-refractivity contribution is 7.13. The number of nitrogens with zero attached hydrogens (tertiary/aromatic N) is 4. The third-order valence-electron chi connectivity index (χ3n) is 12.0. The first kappa shape index (κ1) is 48.4. The van der Waals surface area contributed by atoms with E-state index in [0.717, 1.165) is 62.6 Å². The van der Waals surface area contributed by atoms with Crippen LogP contribution in [-0.2, 0) is 40.9 Å². The molecule has 1 fully saturated rings. The van der Waals surface area contributed by atoms with Crippen molar-refractivity contribution in [2.75, 3.05) is 26.3 Å². The molecule has 0 unspecified atom stereocenters. The van der Waals surface area contributed by atoms with Gasteiger partial charge in [-0.15, -0.1) is 11.3 Å². The molecular weight excluding hydrogens is 872 g/mol. The molecule has 0 bridgehead atoms. The molecule has 348 valence electrons. The number of aryl methyl sites for hydroxylation is 5. The summed E-state index contributed by atoms with van der Waals surface area (Å²) in [5.41, 5.74) is 11.2. The lowest BCUT2D eigenvalue weighted by Crippen LogP contribution is -2.57. The van der Waals surface area contributed by atoms with Crippen LogP contribution in [0.25, 0.3) is 32.8 Å². The molecule has 1 aliphatic heterocycles. The number of hydrogen-bond acceptors (Lipinski definition) is 10. The maximum Gasteiger partial charge on any atom is 0.243 e. The van der Waals surface area contributed by atoms with Crippen molar-refractivity contribution < 1.29 is 29.3 Å². The summed E-state index contributed by atoms with van der Waals surface area (Å²) in [6.07, 6.45) is 1.07. The van der Waals surface area contributed by atoms with E-state index in [1.807, 2.05) is 115 Å². The molecule has 1 saturated heterocycles. The molecule has 12 nitrogen and oxygen atoms in total. The Morgan fingerprint density at radius 2 is 1.65 bits per heavy atom. The lowest BCUT2D eigenvalue weighted by Gasteiger charge is -2.35. The number of β-amino-alcohol motifs (C(OH)–C–C–N with tert-alkyl or cyclic N) is 1. The van der Waals surface area contributed by atoms with Crippen LogP contribution < -0.4 is 15.4 Å². The molecule has 2 amide bonds. The van der Waals surface area contributed by atoms with Crippen molar-refractivity contribution in [3.63, 3.8) is 0 Å². The van der Waals surface area contributed by atoms with Gasteiger partial charge in [0.1, 0.15) is 24.1 Å². The van der Waals surface area contributed by atoms with E-state index in [4.69, 9.17) is 21.1 Å². The van der Waals surface area contributed by atoms with Crippen LogP contribution in [0.15, 0.2) is 90.4 Å². The van der Waals surface area contributed by atoms with E-state index < -0.39 is 23.6 Å². The van der Waals surface area contributed by atoms with Gasteiger partial charge in [0.05, 0.1) is 51.8 Å². The smallest absolute Gasteiger partial charge is 0.243 e. The quantitative estimate of drug-likeness (QED) is 0.0620. The van der Waals surface area contributed by atoms with Crippen LogP contribution >= 0.6 is 22.9 Å². The first-order valence-corrected chi connectivity index (χ1v) is 23.7. The third-order valence-corrected chi connectivity index (χ3v) is 13.4. The molecule has 66 heavy (non-hydrogen) atoms. The Bertz CT molecular complexity index is 2620. The number of hydrogen-bond donors (Lipinski definition) is 4. The number of likely N-dealkylation sites (tertiary alicyclic amines) is 1. The molecule has 7 rings (SSSR count). The minimum atomic E-state index is -0.778. The number of rotatable bonds is 18. The standard InChI is InChI=1S/C52H61ClN6O6S/c1-32-25-39(18-20-42(32)53)46-45(21-19-41(47(46)61)43-26-33(2)57-58(43)7)65-30-37-12-10-35(11-13-37)9-8-23-64-24-22-54-49(52(4,5)6)51(63)59-29-40(60)27-44(59)50(62)55-28-36-14-16-38(17-15-36)48-34(3)56-31-66-48/h10-21,25-26,31,40,44,49,54,60-61H,8-9,22-24,27-30H2,1-7H3,(H,55,62)/t40-,44+,49-/m1/s1. The fourth-order valence-electron chi connectivity index (χ4n) is 8.46. The molecule has 14 heteroatoms. The van der Waals surface area contributed by atoms with Crippen molar-refractivity contribution in [2.24, 2.45) is 12.5 Å². The number of phenols is 1. The highest BCUT2D eigenvalue weighted by Gasteiger charge is 2.43. The van der Waals surface area contributed by atoms with Gasteiger partial charge in [-0.3, -0.25) is 14.3 Å². The normalized spacial score (nSPS) is 15.6. The van der Waals surface area contributed by atoms with Crippen molar-refractivity contribution in [1.82, 2.24) is 30.3 Å². The Hall–Kier alpha value is -5.57. The molecule has 4 aromatic carbocycles. The van der Waals surface area contributed by atoms with Crippen molar-refractivity contribution in [3.8, 4) is 44.3 Å². The van der Waals surface area contributed by atoms with Crippen LogP contribution in [0.3, 0.4) is 0 Å². The Labute approximate surface area is 397 Å². The van der Waals surface area contributed by atoms with Gasteiger partial charge in [-0.25, -0.2) is 4.98 Å². The predicted molar refractivity (Wildman–Crippen MR) is 262 cm³/mol. The molecule has 0 spiro atoms. The van der Waals surface area contributed by atoms with Gasteiger partial charge in [0.15, 0.2) is 0 Å². The van der Waals surface area contributed by atoms with E-state index in [0.29, 0.717) is 54.8 Å². The average Bonchev–Trinajstić information content (AvgIpc) is 4.00. The number of aliphatic hydroxyl groups is 1. The number of aromatic nitrogens is 3. The van der Waals surface area contributed by atoms with Gasteiger partial charge >= 0.3 is 0 Å². The molecular formula is C52H61ClN6O6S. The largest absolute Gasteiger partial charge is 0.506 e. The number of halogens is 1. The van der Waals surface area contributed by atoms with Crippen molar-refractivity contribution in [2.45, 2.75) is 92.1 Å². The second-order valence-corrected chi connectivity index (χ2v) is 19.5. The first-order chi connectivity index (χ1) is 31.6. The van der Waals surface area contributed by atoms with Crippen LogP contribution in [-0.4, -0.2) is 86.2 Å². The van der Waals surface area contributed by atoms with Crippen molar-refractivity contribution >= 4 is 34.8 Å². The second kappa shape index (κ2) is 21.4. The average molecular weight is 934 g/mol. The summed E-state index contributed by atoms with van der Waals surface area (Å²) in [5, 5.41) is 33.8. The molecule has 3 atom stereocenters. The number of amides is 2. The number of aromatic hydroxyl groups is 1. The van der Waals surface area contributed by atoms with Gasteiger partial charge in [-0.1, -0.05) is 87.0 Å². The molecule has 0 aliphatic carbocycles. The number of carbonyl (C=O) groups is 2. The summed E-state index contributed by atoms with van der Waals surface area (Å²) >= 11 is 7.96. The zero-order chi connectivity index (χ0) is 47.1. The number of thiazole rings is 1. The number of nitrogens with one attached hydrogen (secondary N) is 2. The van der Waals surface area contributed by atoms with Gasteiger partial charge in [-0.05, 0) is 103 Å². The van der Waals surface area contributed by atoms with Gasteiger partial charge in [-0.2, -0.15) is 5.10 Å². The first-order valence-electron chi connectivity index (χ1n) is 22.5. The van der Waals surface area contributed by atoms with E-state index in [9.17, 15) is 19.8 Å². The zero-order valence-corrected chi connectivity index (χ0v) is 40.4. The maximum absolute atomic E-state index is 14.0. The van der Waals surface area contributed by atoms with Gasteiger partial charge in [0.25, 0.3) is 0 Å². The molecule has 4 N–H and O–H groups in total. The topological polar surface area (TPSA) is 151 Å². The van der Waals surface area contributed by atoms with E-state index in [1.165, 1.54) is 10.5 Å². The molecule has 2 aromatic heterocycles. The van der Waals surface area contributed by atoms with Crippen molar-refractivity contribution in [1.29, 1.82) is 0 Å². The molecule has 6 aromatic rings. The van der Waals surface area contributed by atoms with Crippen molar-refractivity contribution in [3.05, 3.63) is 129 Å². The van der Waals surface area contributed by atoms with Gasteiger partial charge in [0.2, 0.25) is 11.8 Å². The summed E-state index contributed by atoms with van der Waals surface area (Å²) in [5.74, 6) is 0.188. The van der Waals surface area contributed by atoms with E-state index in [1.54, 1.807) is 16.0 Å². The second-order valence-electron chi connectivity index (χ2n) is 18.2. The highest BCUT2D eigenvalue weighted by atomic mass is 35.5. The van der Waals surface area contributed by atoms with Gasteiger partial charge in [0, 0.05) is 50.3 Å². The fourth-order valence-corrected chi connectivity index (χ4v) is 9.39. The SMILES string of the molecule is Cc1cc(-c2ccc(OCc3ccc(CCCOCCN[C@H](C(=O)N4C[C@H](O)C[C@H]4C(=O)NCc4ccc(-c5scnc5C)cc4)C(C)(C)C)cc3)c(-c3ccc(Cl)c(C)c3)c2O)n(C)n1. The lowest BCUT2D eigenvalue weighted by atomic mass is 9.85. The Balaban J connectivity index is 0.866. The number of ether oxygens (including phenoxy) is 2. The molecule has 0 saturated carbocycles. The van der Waals surface area contributed by atoms with Crippen LogP contribution in [0.5, 0.6) is 11.5 Å². The minimum absolute atomic E-state index is 0.106. The number of benzene rings is 4. The Morgan fingerprint density at radius 1 is 0.939 bits per heavy atom. The molecule has 1 aliphatic rings. The number of carbonyl (C=O) groups excluding carboxylic acids is 2. The summed E-state index contributed by atoms with van der Waals surface area (Å²) in [6, 6.07) is 26.4. The Morgan fingerprint density at radius 3 is 2.32 bits per heavy atom. The van der Waals surface area contributed by atoms with Crippen LogP contribution in [0.4, 0.5) is 0 Å². The lowest BCUT2D eigenvalue weighted by molar-refractivity contribution is -0.142. The van der Waals surface area contributed by atoms with Crippen LogP contribution in [0.1, 0.15) is 67.3 Å². The third kappa shape index (κ3) is 11.7. The minimum Gasteiger partial charge on any atom is -0.506 e. The summed E-state index contributed by atoms with van der Waals surface area (Å²) in [4.78, 5) is 34.5. The predicted octanol–water partition coefficient (Wildman–Crippen LogP) is 8.97. The number of phenolic OH excluding ortho intramolecular Hbond substituents is 1. The van der Waals surface area contributed by atoms with E-state index >= 15 is 0 Å². The summed E-state index contributed by atoms with van der Waals surface area (Å²) in [6.45, 7) is 14.0. The number of aliphatic hydroxyl groups excluding tert-OH is 1. The van der Waals surface area contributed by atoms with E-state index in [-0.39, 0.29) is 30.5 Å². The van der Waals surface area contributed by atoms with E-state index in [2.05, 4.69) is 45.0 Å². The van der Waals surface area contributed by atoms with Crippen LogP contribution in [0.2, 0.25) is 5.02 Å². The maximum atomic E-state index is 14.0. The zero-order valence-electron chi connectivity index (χ0n) is 38.9. The van der Waals surface area contributed by atoms with Gasteiger partial charge < -0.3 is 35.2 Å². The molecule has 3 heterocycles. The fraction of sp³-hybridized carbons (Fsp3) is 0.385. The van der Waals surface area contributed by atoms with Crippen LogP contribution in [0, 0.1) is 26.2 Å². The Kier molecular flexibility index (Phi) is 15.7. The monoisotopic (exact) mass is 932 g/mol. The molecule has 0 radical (unpaired) electrons. The highest BCUT2D eigenvalue weighted by Crippen LogP contribution is 2.45.